The van der Waals surface area contributed by atoms with Gasteiger partial charge >= 0.3 is 0 Å². The molecule has 1 N–H and O–H groups in total. The number of aryl methyl sites for hydroxylation is 2. The number of nitrogens with one attached hydrogen (secondary N) is 1. The van der Waals surface area contributed by atoms with Crippen molar-refractivity contribution in [2.75, 3.05) is 0 Å². The average molecular weight is 195 g/mol. The quantitative estimate of drug-likeness (QED) is 0.743. The lowest BCUT2D eigenvalue weighted by atomic mass is 10.1. The van der Waals surface area contributed by atoms with Gasteiger partial charge in [0.1, 0.15) is 11.3 Å². The minimum Gasteiger partial charge on any atom is -0.342 e. The molecule has 2 aromatic rings. The molecule has 68 valence electrons. The van der Waals surface area contributed by atoms with Crippen LogP contribution in [0.15, 0.2) is 12.1 Å². The number of aromatic amines is 1. The van der Waals surface area contributed by atoms with Crippen LogP contribution in [0.1, 0.15) is 18.3 Å². The van der Waals surface area contributed by atoms with Crippen LogP contribution < -0.4 is 0 Å². The third-order valence-corrected chi connectivity index (χ3v) is 2.59. The Morgan fingerprint density at radius 3 is 2.92 bits per heavy atom. The third-order valence-electron chi connectivity index (χ3n) is 2.17. The van der Waals surface area contributed by atoms with E-state index >= 15 is 0 Å². The largest absolute Gasteiger partial charge is 0.342 e. The molecule has 0 aliphatic carbocycles. The standard InChI is InChI=1S/C10H11ClN2/c1-3-7-4-5-8-10(9(7)11)13-6(2)12-8/h4-5H,3H2,1-2H3,(H,12,13). The van der Waals surface area contributed by atoms with E-state index in [4.69, 9.17) is 11.6 Å². The molecule has 2 rings (SSSR count). The van der Waals surface area contributed by atoms with Gasteiger partial charge in [-0.1, -0.05) is 24.6 Å². The molecule has 1 heterocycles. The van der Waals surface area contributed by atoms with Gasteiger partial charge in [-0.15, -0.1) is 0 Å². The molecule has 0 atom stereocenters. The number of hydrogen-bond donors (Lipinski definition) is 1. The normalized spacial score (nSPS) is 11.0. The lowest BCUT2D eigenvalue weighted by molar-refractivity contribution is 1.14. The molecule has 0 aliphatic heterocycles. The van der Waals surface area contributed by atoms with E-state index in [1.54, 1.807) is 0 Å². The maximum Gasteiger partial charge on any atom is 0.107 e. The molecule has 3 heteroatoms. The van der Waals surface area contributed by atoms with Crippen molar-refractivity contribution < 1.29 is 0 Å². The van der Waals surface area contributed by atoms with Crippen LogP contribution in [0.25, 0.3) is 11.0 Å². The number of hydrogen-bond acceptors (Lipinski definition) is 1. The van der Waals surface area contributed by atoms with Gasteiger partial charge in [-0.25, -0.2) is 4.98 Å². The fraction of sp³-hybridized carbons (Fsp3) is 0.300. The van der Waals surface area contributed by atoms with Crippen molar-refractivity contribution >= 4 is 22.6 Å². The molecule has 0 unspecified atom stereocenters. The van der Waals surface area contributed by atoms with E-state index in [2.05, 4.69) is 16.9 Å². The second-order valence-corrected chi connectivity index (χ2v) is 3.49. The second kappa shape index (κ2) is 3.04. The van der Waals surface area contributed by atoms with Crippen molar-refractivity contribution in [3.8, 4) is 0 Å². The summed E-state index contributed by atoms with van der Waals surface area (Å²) in [5.41, 5.74) is 3.05. The third kappa shape index (κ3) is 1.31. The van der Waals surface area contributed by atoms with Crippen molar-refractivity contribution in [1.82, 2.24) is 9.97 Å². The molecule has 0 bridgehead atoms. The van der Waals surface area contributed by atoms with Crippen LogP contribution in [0, 0.1) is 6.92 Å². The fourth-order valence-electron chi connectivity index (χ4n) is 1.48. The Morgan fingerprint density at radius 1 is 1.46 bits per heavy atom. The van der Waals surface area contributed by atoms with Gasteiger partial charge in [0.15, 0.2) is 0 Å². The second-order valence-electron chi connectivity index (χ2n) is 3.11. The summed E-state index contributed by atoms with van der Waals surface area (Å²) in [6.45, 7) is 4.02. The zero-order valence-corrected chi connectivity index (χ0v) is 8.44. The molecule has 0 amide bonds. The van der Waals surface area contributed by atoms with Crippen LogP contribution in [0.3, 0.4) is 0 Å². The molecule has 1 aromatic heterocycles. The number of H-pyrrole nitrogens is 1. The monoisotopic (exact) mass is 194 g/mol. The van der Waals surface area contributed by atoms with Crippen molar-refractivity contribution in [1.29, 1.82) is 0 Å². The lowest BCUT2D eigenvalue weighted by Crippen LogP contribution is -1.82. The van der Waals surface area contributed by atoms with E-state index in [1.807, 2.05) is 19.1 Å². The molecule has 13 heavy (non-hydrogen) atoms. The summed E-state index contributed by atoms with van der Waals surface area (Å²) in [6.07, 6.45) is 0.945. The molecule has 0 radical (unpaired) electrons. The maximum atomic E-state index is 6.17. The van der Waals surface area contributed by atoms with E-state index in [0.29, 0.717) is 0 Å². The summed E-state index contributed by atoms with van der Waals surface area (Å²) in [7, 11) is 0. The smallest absolute Gasteiger partial charge is 0.107 e. The van der Waals surface area contributed by atoms with Gasteiger partial charge in [0.2, 0.25) is 0 Å². The predicted octanol–water partition coefficient (Wildman–Crippen LogP) is 3.09. The Bertz CT molecular complexity index is 445. The first-order valence-corrected chi connectivity index (χ1v) is 4.74. The van der Waals surface area contributed by atoms with Crippen molar-refractivity contribution in [3.63, 3.8) is 0 Å². The van der Waals surface area contributed by atoms with Gasteiger partial charge < -0.3 is 4.98 Å². The molecule has 0 saturated heterocycles. The number of aromatic nitrogens is 2. The Morgan fingerprint density at radius 2 is 2.23 bits per heavy atom. The Labute approximate surface area is 81.9 Å². The van der Waals surface area contributed by atoms with E-state index in [-0.39, 0.29) is 0 Å². The number of nitrogens with zero attached hydrogens (tertiary/aromatic N) is 1. The Kier molecular flexibility index (Phi) is 2.00. The summed E-state index contributed by atoms with van der Waals surface area (Å²) < 4.78 is 0. The SMILES string of the molecule is CCc1ccc2[nH]c(C)nc2c1Cl. The van der Waals surface area contributed by atoms with Crippen molar-refractivity contribution in [2.45, 2.75) is 20.3 Å². The van der Waals surface area contributed by atoms with Gasteiger partial charge in [-0.2, -0.15) is 0 Å². The van der Waals surface area contributed by atoms with E-state index in [9.17, 15) is 0 Å². The zero-order valence-electron chi connectivity index (χ0n) is 7.69. The van der Waals surface area contributed by atoms with Gasteiger partial charge in [0.25, 0.3) is 0 Å². The molecule has 1 aromatic carbocycles. The summed E-state index contributed by atoms with van der Waals surface area (Å²) >= 11 is 6.17. The minimum atomic E-state index is 0.782. The minimum absolute atomic E-state index is 0.782. The van der Waals surface area contributed by atoms with Gasteiger partial charge in [0, 0.05) is 0 Å². The van der Waals surface area contributed by atoms with Crippen LogP contribution in [-0.4, -0.2) is 9.97 Å². The summed E-state index contributed by atoms with van der Waals surface area (Å²) in [4.78, 5) is 7.49. The van der Waals surface area contributed by atoms with Gasteiger partial charge in [-0.05, 0) is 25.0 Å². The highest BCUT2D eigenvalue weighted by Crippen LogP contribution is 2.25. The Hall–Kier alpha value is -1.02. The first kappa shape index (κ1) is 8.57. The van der Waals surface area contributed by atoms with Crippen molar-refractivity contribution in [3.05, 3.63) is 28.5 Å². The number of benzene rings is 1. The van der Waals surface area contributed by atoms with Crippen LogP contribution in [0.4, 0.5) is 0 Å². The highest BCUT2D eigenvalue weighted by Gasteiger charge is 2.06. The topological polar surface area (TPSA) is 28.7 Å². The predicted molar refractivity (Wildman–Crippen MR) is 55.2 cm³/mol. The highest BCUT2D eigenvalue weighted by atomic mass is 35.5. The number of fused-ring (bicyclic) bond motifs is 1. The summed E-state index contributed by atoms with van der Waals surface area (Å²) in [5, 5.41) is 0.782. The first-order valence-electron chi connectivity index (χ1n) is 4.36. The molecule has 0 spiro atoms. The van der Waals surface area contributed by atoms with E-state index < -0.39 is 0 Å². The number of halogens is 1. The maximum absolute atomic E-state index is 6.17. The van der Waals surface area contributed by atoms with Crippen LogP contribution in [0.2, 0.25) is 5.02 Å². The number of imidazole rings is 1. The molecule has 0 fully saturated rings. The van der Waals surface area contributed by atoms with Crippen molar-refractivity contribution in [2.24, 2.45) is 0 Å². The zero-order chi connectivity index (χ0) is 9.42. The van der Waals surface area contributed by atoms with Gasteiger partial charge in [0.05, 0.1) is 10.5 Å². The van der Waals surface area contributed by atoms with Crippen LogP contribution >= 0.6 is 11.6 Å². The molecular formula is C10H11ClN2. The first-order chi connectivity index (χ1) is 6.22. The van der Waals surface area contributed by atoms with E-state index in [1.165, 1.54) is 0 Å². The Balaban J connectivity index is 2.78. The van der Waals surface area contributed by atoms with E-state index in [0.717, 1.165) is 33.9 Å². The number of rotatable bonds is 1. The summed E-state index contributed by atoms with van der Waals surface area (Å²) in [6, 6.07) is 4.07. The molecule has 2 nitrogen and oxygen atoms in total. The molecular weight excluding hydrogens is 184 g/mol. The van der Waals surface area contributed by atoms with Crippen LogP contribution in [0.5, 0.6) is 0 Å². The molecule has 0 aliphatic rings. The van der Waals surface area contributed by atoms with Gasteiger partial charge in [-0.3, -0.25) is 0 Å². The average Bonchev–Trinajstić information content (AvgIpc) is 2.47. The summed E-state index contributed by atoms with van der Waals surface area (Å²) in [5.74, 6) is 0.908. The fourth-order valence-corrected chi connectivity index (χ4v) is 1.82. The highest BCUT2D eigenvalue weighted by molar-refractivity contribution is 6.35. The lowest BCUT2D eigenvalue weighted by Gasteiger charge is -1.99. The molecule has 0 saturated carbocycles. The van der Waals surface area contributed by atoms with Crippen LogP contribution in [-0.2, 0) is 6.42 Å².